The summed E-state index contributed by atoms with van der Waals surface area (Å²) < 4.78 is 5.46. The average Bonchev–Trinajstić information content (AvgIpc) is 2.60. The fraction of sp³-hybridized carbons (Fsp3) is 0.524. The number of hydrogen-bond acceptors (Lipinski definition) is 4. The summed E-state index contributed by atoms with van der Waals surface area (Å²) >= 11 is 0. The maximum absolute atomic E-state index is 12.0. The molecule has 1 aliphatic heterocycles. The van der Waals surface area contributed by atoms with Crippen LogP contribution in [0.4, 0.5) is 0 Å². The van der Waals surface area contributed by atoms with Crippen LogP contribution in [0.25, 0.3) is 11.0 Å². The summed E-state index contributed by atoms with van der Waals surface area (Å²) in [5.41, 5.74) is 3.58. The highest BCUT2D eigenvalue weighted by molar-refractivity contribution is 5.83. The Hall–Kier alpha value is -2.14. The summed E-state index contributed by atoms with van der Waals surface area (Å²) in [6.45, 7) is 10.4. The second-order valence-corrected chi connectivity index (χ2v) is 7.69. The molecule has 26 heavy (non-hydrogen) atoms. The van der Waals surface area contributed by atoms with Crippen LogP contribution >= 0.6 is 0 Å². The molecule has 0 bridgehead atoms. The Morgan fingerprint density at radius 3 is 2.62 bits per heavy atom. The minimum atomic E-state index is -0.291. The van der Waals surface area contributed by atoms with E-state index in [4.69, 9.17) is 4.42 Å². The van der Waals surface area contributed by atoms with Gasteiger partial charge >= 0.3 is 5.63 Å². The Bertz CT molecular complexity index is 861. The number of carbonyl (C=O) groups excluding carboxylic acids is 1. The molecular weight excluding hydrogens is 328 g/mol. The van der Waals surface area contributed by atoms with Crippen LogP contribution < -0.4 is 10.9 Å². The van der Waals surface area contributed by atoms with Gasteiger partial charge in [0.05, 0.1) is 0 Å². The first-order valence-corrected chi connectivity index (χ1v) is 9.41. The van der Waals surface area contributed by atoms with Gasteiger partial charge in [-0.15, -0.1) is 0 Å². The molecule has 3 rings (SSSR count). The van der Waals surface area contributed by atoms with Crippen molar-refractivity contribution in [1.29, 1.82) is 0 Å². The summed E-state index contributed by atoms with van der Waals surface area (Å²) in [5.74, 6) is 0.149. The van der Waals surface area contributed by atoms with Crippen LogP contribution in [0, 0.1) is 19.8 Å². The number of amides is 1. The summed E-state index contributed by atoms with van der Waals surface area (Å²) in [6.07, 6.45) is 1.88. The molecule has 2 aromatic rings. The van der Waals surface area contributed by atoms with E-state index in [1.807, 2.05) is 33.8 Å². The van der Waals surface area contributed by atoms with Crippen molar-refractivity contribution in [2.45, 2.75) is 53.1 Å². The first-order valence-electron chi connectivity index (χ1n) is 9.41. The van der Waals surface area contributed by atoms with Gasteiger partial charge in [-0.1, -0.05) is 26.0 Å². The molecule has 140 valence electrons. The summed E-state index contributed by atoms with van der Waals surface area (Å²) in [7, 11) is 0. The van der Waals surface area contributed by atoms with Gasteiger partial charge in [0.1, 0.15) is 5.58 Å². The summed E-state index contributed by atoms with van der Waals surface area (Å²) in [5, 5.41) is 4.14. The minimum Gasteiger partial charge on any atom is -0.422 e. The summed E-state index contributed by atoms with van der Waals surface area (Å²) in [4.78, 5) is 26.2. The molecule has 1 N–H and O–H groups in total. The Labute approximate surface area is 154 Å². The van der Waals surface area contributed by atoms with Gasteiger partial charge in [-0.3, -0.25) is 9.69 Å². The minimum absolute atomic E-state index is 0.0228. The predicted octanol–water partition coefficient (Wildman–Crippen LogP) is 3.15. The highest BCUT2D eigenvalue weighted by Gasteiger charge is 2.22. The van der Waals surface area contributed by atoms with E-state index in [1.54, 1.807) is 6.07 Å². The van der Waals surface area contributed by atoms with Crippen molar-refractivity contribution < 1.29 is 9.21 Å². The molecule has 0 unspecified atom stereocenters. The van der Waals surface area contributed by atoms with E-state index >= 15 is 0 Å². The van der Waals surface area contributed by atoms with E-state index in [2.05, 4.69) is 16.3 Å². The molecule has 1 aromatic carbocycles. The molecule has 0 atom stereocenters. The molecule has 0 radical (unpaired) electrons. The molecule has 5 nitrogen and oxygen atoms in total. The van der Waals surface area contributed by atoms with Crippen molar-refractivity contribution >= 4 is 16.9 Å². The highest BCUT2D eigenvalue weighted by atomic mass is 16.4. The Morgan fingerprint density at radius 2 is 1.96 bits per heavy atom. The quantitative estimate of drug-likeness (QED) is 0.855. The zero-order chi connectivity index (χ0) is 18.8. The van der Waals surface area contributed by atoms with Crippen molar-refractivity contribution in [2.24, 2.45) is 5.92 Å². The number of carbonyl (C=O) groups is 1. The van der Waals surface area contributed by atoms with E-state index in [0.717, 1.165) is 54.6 Å². The van der Waals surface area contributed by atoms with Crippen molar-refractivity contribution in [3.63, 3.8) is 0 Å². The number of fused-ring (bicyclic) bond motifs is 1. The number of likely N-dealkylation sites (tertiary alicyclic amines) is 1. The van der Waals surface area contributed by atoms with Gasteiger partial charge in [-0.05, 0) is 43.4 Å². The van der Waals surface area contributed by atoms with Gasteiger partial charge in [-0.2, -0.15) is 0 Å². The third-order valence-corrected chi connectivity index (χ3v) is 5.37. The third-order valence-electron chi connectivity index (χ3n) is 5.37. The molecule has 1 saturated heterocycles. The second-order valence-electron chi connectivity index (χ2n) is 7.69. The van der Waals surface area contributed by atoms with Gasteiger partial charge < -0.3 is 9.73 Å². The second kappa shape index (κ2) is 7.62. The van der Waals surface area contributed by atoms with Crippen LogP contribution in [-0.2, 0) is 11.3 Å². The molecule has 1 fully saturated rings. The Kier molecular flexibility index (Phi) is 5.47. The van der Waals surface area contributed by atoms with E-state index in [1.165, 1.54) is 0 Å². The fourth-order valence-electron chi connectivity index (χ4n) is 3.50. The van der Waals surface area contributed by atoms with Gasteiger partial charge in [0, 0.05) is 43.0 Å². The maximum atomic E-state index is 12.0. The van der Waals surface area contributed by atoms with E-state index < -0.39 is 0 Å². The highest BCUT2D eigenvalue weighted by Crippen LogP contribution is 2.25. The lowest BCUT2D eigenvalue weighted by atomic mass is 10.0. The first kappa shape index (κ1) is 18.6. The molecule has 1 amide bonds. The monoisotopic (exact) mass is 356 g/mol. The van der Waals surface area contributed by atoms with Gasteiger partial charge in [0.2, 0.25) is 5.91 Å². The van der Waals surface area contributed by atoms with Crippen LogP contribution in [-0.4, -0.2) is 29.9 Å². The molecule has 1 aromatic heterocycles. The lowest BCUT2D eigenvalue weighted by molar-refractivity contribution is -0.125. The molecule has 0 spiro atoms. The SMILES string of the molecule is Cc1ccc2c(CN3CCC(NC(=O)C(C)C)CC3)cc(=O)oc2c1C. The zero-order valence-corrected chi connectivity index (χ0v) is 16.1. The van der Waals surface area contributed by atoms with Crippen LogP contribution in [0.1, 0.15) is 43.4 Å². The maximum Gasteiger partial charge on any atom is 0.336 e. The van der Waals surface area contributed by atoms with Crippen LogP contribution in [0.5, 0.6) is 0 Å². The first-order chi connectivity index (χ1) is 12.3. The Balaban J connectivity index is 1.72. The molecule has 0 saturated carbocycles. The molecule has 5 heteroatoms. The number of benzene rings is 1. The van der Waals surface area contributed by atoms with E-state index in [0.29, 0.717) is 5.58 Å². The fourth-order valence-corrected chi connectivity index (χ4v) is 3.50. The smallest absolute Gasteiger partial charge is 0.336 e. The molecule has 2 heterocycles. The van der Waals surface area contributed by atoms with Crippen molar-refractivity contribution in [3.05, 3.63) is 45.3 Å². The predicted molar refractivity (Wildman–Crippen MR) is 103 cm³/mol. The standard InChI is InChI=1S/C21H28N2O3/c1-13(2)21(25)22-17-7-9-23(10-8-17)12-16-11-19(24)26-20-15(4)14(3)5-6-18(16)20/h5-6,11,13,17H,7-10,12H2,1-4H3,(H,22,25). The van der Waals surface area contributed by atoms with E-state index in [9.17, 15) is 9.59 Å². The molecular formula is C21H28N2O3. The number of rotatable bonds is 4. The zero-order valence-electron chi connectivity index (χ0n) is 16.1. The number of nitrogens with zero attached hydrogens (tertiary/aromatic N) is 1. The molecule has 1 aliphatic rings. The number of piperidine rings is 1. The topological polar surface area (TPSA) is 62.6 Å². The van der Waals surface area contributed by atoms with Gasteiger partial charge in [0.25, 0.3) is 0 Å². The number of nitrogens with one attached hydrogen (secondary N) is 1. The van der Waals surface area contributed by atoms with Gasteiger partial charge in [-0.25, -0.2) is 4.79 Å². The van der Waals surface area contributed by atoms with Crippen LogP contribution in [0.3, 0.4) is 0 Å². The lowest BCUT2D eigenvalue weighted by Gasteiger charge is -2.32. The van der Waals surface area contributed by atoms with Gasteiger partial charge in [0.15, 0.2) is 0 Å². The lowest BCUT2D eigenvalue weighted by Crippen LogP contribution is -2.45. The van der Waals surface area contributed by atoms with Crippen LogP contribution in [0.2, 0.25) is 0 Å². The Morgan fingerprint density at radius 1 is 1.27 bits per heavy atom. The van der Waals surface area contributed by atoms with Crippen molar-refractivity contribution in [2.75, 3.05) is 13.1 Å². The largest absolute Gasteiger partial charge is 0.422 e. The normalized spacial score (nSPS) is 16.3. The number of hydrogen-bond donors (Lipinski definition) is 1. The molecule has 0 aliphatic carbocycles. The summed E-state index contributed by atoms with van der Waals surface area (Å²) in [6, 6.07) is 5.99. The third kappa shape index (κ3) is 3.98. The van der Waals surface area contributed by atoms with Crippen molar-refractivity contribution in [1.82, 2.24) is 10.2 Å². The average molecular weight is 356 g/mol. The van der Waals surface area contributed by atoms with Crippen LogP contribution in [0.15, 0.2) is 27.4 Å². The van der Waals surface area contributed by atoms with E-state index in [-0.39, 0.29) is 23.5 Å². The van der Waals surface area contributed by atoms with Crippen molar-refractivity contribution in [3.8, 4) is 0 Å². The number of aryl methyl sites for hydroxylation is 2.